The van der Waals surface area contributed by atoms with Crippen molar-refractivity contribution in [2.75, 3.05) is 5.32 Å². The van der Waals surface area contributed by atoms with Gasteiger partial charge in [-0.1, -0.05) is 23.7 Å². The Labute approximate surface area is 174 Å². The van der Waals surface area contributed by atoms with Crippen molar-refractivity contribution in [3.8, 4) is 16.6 Å². The third-order valence-corrected chi connectivity index (χ3v) is 6.02. The number of benzene rings is 1. The second-order valence-corrected chi connectivity index (χ2v) is 8.10. The summed E-state index contributed by atoms with van der Waals surface area (Å²) in [5.74, 6) is -1.13. The normalized spacial score (nSPS) is 11.5. The van der Waals surface area contributed by atoms with Gasteiger partial charge in [0, 0.05) is 10.6 Å². The van der Waals surface area contributed by atoms with Crippen LogP contribution in [0.15, 0.2) is 35.7 Å². The number of carbonyl (C=O) groups is 2. The number of carbonyl (C=O) groups excluding carboxylic acids is 2. The van der Waals surface area contributed by atoms with E-state index in [1.165, 1.54) is 29.6 Å². The Bertz CT molecular complexity index is 1070. The summed E-state index contributed by atoms with van der Waals surface area (Å²) in [5.41, 5.74) is 1.73. The van der Waals surface area contributed by atoms with Crippen LogP contribution in [0.3, 0.4) is 0 Å². The predicted octanol–water partition coefficient (Wildman–Crippen LogP) is 4.89. The van der Waals surface area contributed by atoms with Crippen molar-refractivity contribution >= 4 is 51.2 Å². The van der Waals surface area contributed by atoms with Gasteiger partial charge in [0.15, 0.2) is 6.10 Å². The lowest BCUT2D eigenvalue weighted by Gasteiger charge is -2.12. The van der Waals surface area contributed by atoms with E-state index in [0.29, 0.717) is 31.2 Å². The molecule has 3 aromatic rings. The molecule has 0 saturated heterocycles. The van der Waals surface area contributed by atoms with Crippen LogP contribution in [0.2, 0.25) is 5.02 Å². The van der Waals surface area contributed by atoms with Crippen LogP contribution >= 0.6 is 34.3 Å². The lowest BCUT2D eigenvalue weighted by molar-refractivity contribution is -0.123. The molecule has 0 radical (unpaired) electrons. The molecule has 0 aliphatic carbocycles. The number of thiophene rings is 1. The van der Waals surface area contributed by atoms with Crippen molar-refractivity contribution in [1.29, 1.82) is 5.26 Å². The molecule has 28 heavy (non-hydrogen) atoms. The Morgan fingerprint density at radius 3 is 2.68 bits per heavy atom. The van der Waals surface area contributed by atoms with Crippen LogP contribution in [0.4, 0.5) is 5.00 Å². The number of halogens is 1. The number of nitrogens with zero attached hydrogens (tertiary/aromatic N) is 2. The standard InChI is InChI=1S/C19H14ClN3O3S2/c1-10-15(28-18(22-10)12-3-5-14(20)6-4-12)19(25)26-11(2)16(24)23-17-13(9-21)7-8-27-17/h3-8,11H,1-2H3,(H,23,24). The molecule has 0 bridgehead atoms. The molecule has 142 valence electrons. The summed E-state index contributed by atoms with van der Waals surface area (Å²) in [6, 6.07) is 10.7. The van der Waals surface area contributed by atoms with Crippen LogP contribution in [0, 0.1) is 18.3 Å². The Kier molecular flexibility index (Phi) is 6.09. The summed E-state index contributed by atoms with van der Waals surface area (Å²) in [4.78, 5) is 29.5. The first kappa shape index (κ1) is 20.0. The second-order valence-electron chi connectivity index (χ2n) is 5.75. The van der Waals surface area contributed by atoms with E-state index in [1.807, 2.05) is 18.2 Å². The monoisotopic (exact) mass is 431 g/mol. The van der Waals surface area contributed by atoms with Crippen molar-refractivity contribution in [3.63, 3.8) is 0 Å². The highest BCUT2D eigenvalue weighted by Crippen LogP contribution is 2.29. The summed E-state index contributed by atoms with van der Waals surface area (Å²) in [6.45, 7) is 3.19. The summed E-state index contributed by atoms with van der Waals surface area (Å²) in [7, 11) is 0. The molecule has 0 aliphatic heterocycles. The molecule has 0 saturated carbocycles. The molecule has 3 rings (SSSR count). The molecule has 1 unspecified atom stereocenters. The fourth-order valence-corrected chi connectivity index (χ4v) is 4.10. The topological polar surface area (TPSA) is 92.1 Å². The molecule has 0 fully saturated rings. The van der Waals surface area contributed by atoms with E-state index < -0.39 is 18.0 Å². The average Bonchev–Trinajstić information content (AvgIpc) is 3.28. The van der Waals surface area contributed by atoms with Gasteiger partial charge in [0.25, 0.3) is 5.91 Å². The molecule has 1 amide bonds. The van der Waals surface area contributed by atoms with Crippen molar-refractivity contribution < 1.29 is 14.3 Å². The number of aryl methyl sites for hydroxylation is 1. The summed E-state index contributed by atoms with van der Waals surface area (Å²) in [5, 5.41) is 15.0. The first-order valence-electron chi connectivity index (χ1n) is 8.12. The summed E-state index contributed by atoms with van der Waals surface area (Å²) < 4.78 is 5.29. The first-order chi connectivity index (χ1) is 13.4. The minimum Gasteiger partial charge on any atom is -0.448 e. The zero-order valence-corrected chi connectivity index (χ0v) is 17.2. The van der Waals surface area contributed by atoms with Gasteiger partial charge in [0.2, 0.25) is 0 Å². The molecular formula is C19H14ClN3O3S2. The van der Waals surface area contributed by atoms with Crippen molar-refractivity contribution in [3.05, 3.63) is 56.9 Å². The van der Waals surface area contributed by atoms with E-state index in [1.54, 1.807) is 30.5 Å². The molecule has 2 aromatic heterocycles. The van der Waals surface area contributed by atoms with Crippen molar-refractivity contribution in [1.82, 2.24) is 4.98 Å². The van der Waals surface area contributed by atoms with Crippen LogP contribution in [0.1, 0.15) is 27.9 Å². The van der Waals surface area contributed by atoms with E-state index in [9.17, 15) is 9.59 Å². The van der Waals surface area contributed by atoms with Crippen LogP contribution < -0.4 is 5.32 Å². The van der Waals surface area contributed by atoms with Crippen molar-refractivity contribution in [2.24, 2.45) is 0 Å². The molecule has 0 spiro atoms. The van der Waals surface area contributed by atoms with Crippen molar-refractivity contribution in [2.45, 2.75) is 20.0 Å². The Morgan fingerprint density at radius 2 is 2.00 bits per heavy atom. The quantitative estimate of drug-likeness (QED) is 0.580. The molecular weight excluding hydrogens is 418 g/mol. The third-order valence-electron chi connectivity index (χ3n) is 3.75. The van der Waals surface area contributed by atoms with Gasteiger partial charge in [-0.05, 0) is 37.4 Å². The highest BCUT2D eigenvalue weighted by molar-refractivity contribution is 7.17. The number of rotatable bonds is 5. The Morgan fingerprint density at radius 1 is 1.29 bits per heavy atom. The summed E-state index contributed by atoms with van der Waals surface area (Å²) in [6.07, 6.45) is -1.03. The van der Waals surface area contributed by atoms with E-state index in [4.69, 9.17) is 21.6 Å². The molecule has 2 heterocycles. The van der Waals surface area contributed by atoms with Gasteiger partial charge in [0.05, 0.1) is 11.3 Å². The minimum absolute atomic E-state index is 0.332. The lowest BCUT2D eigenvalue weighted by atomic mass is 10.2. The minimum atomic E-state index is -1.03. The molecule has 1 aromatic carbocycles. The number of anilines is 1. The number of ether oxygens (including phenoxy) is 1. The van der Waals surface area contributed by atoms with E-state index in [2.05, 4.69) is 10.3 Å². The summed E-state index contributed by atoms with van der Waals surface area (Å²) >= 11 is 8.31. The van der Waals surface area contributed by atoms with Gasteiger partial charge in [-0.15, -0.1) is 22.7 Å². The van der Waals surface area contributed by atoms with Crippen LogP contribution in [0.5, 0.6) is 0 Å². The average molecular weight is 432 g/mol. The number of nitrogens with one attached hydrogen (secondary N) is 1. The first-order valence-corrected chi connectivity index (χ1v) is 10.2. The highest BCUT2D eigenvalue weighted by atomic mass is 35.5. The molecule has 0 aliphatic rings. The predicted molar refractivity (Wildman–Crippen MR) is 110 cm³/mol. The van der Waals surface area contributed by atoms with Gasteiger partial charge >= 0.3 is 5.97 Å². The highest BCUT2D eigenvalue weighted by Gasteiger charge is 2.24. The van der Waals surface area contributed by atoms with E-state index >= 15 is 0 Å². The van der Waals surface area contributed by atoms with Gasteiger partial charge < -0.3 is 10.1 Å². The third kappa shape index (κ3) is 4.39. The molecule has 1 N–H and O–H groups in total. The van der Waals surface area contributed by atoms with Gasteiger partial charge in [0.1, 0.15) is 21.0 Å². The van der Waals surface area contributed by atoms with Crippen LogP contribution in [-0.2, 0) is 9.53 Å². The molecule has 1 atom stereocenters. The molecule has 9 heteroatoms. The number of thiazole rings is 1. The Hall–Kier alpha value is -2.73. The number of hydrogen-bond acceptors (Lipinski definition) is 7. The zero-order valence-electron chi connectivity index (χ0n) is 14.9. The lowest BCUT2D eigenvalue weighted by Crippen LogP contribution is -2.29. The SMILES string of the molecule is Cc1nc(-c2ccc(Cl)cc2)sc1C(=O)OC(C)C(=O)Nc1sccc1C#N. The van der Waals surface area contributed by atoms with E-state index in [0.717, 1.165) is 5.56 Å². The number of esters is 1. The zero-order chi connectivity index (χ0) is 20.3. The van der Waals surface area contributed by atoms with Gasteiger partial charge in [-0.25, -0.2) is 9.78 Å². The van der Waals surface area contributed by atoms with E-state index in [-0.39, 0.29) is 0 Å². The number of aromatic nitrogens is 1. The number of amides is 1. The molecule has 6 nitrogen and oxygen atoms in total. The van der Waals surface area contributed by atoms with Crippen LogP contribution in [0.25, 0.3) is 10.6 Å². The second kappa shape index (κ2) is 8.52. The van der Waals surface area contributed by atoms with Crippen LogP contribution in [-0.4, -0.2) is 23.0 Å². The number of hydrogen-bond donors (Lipinski definition) is 1. The van der Waals surface area contributed by atoms with Gasteiger partial charge in [-0.2, -0.15) is 5.26 Å². The Balaban J connectivity index is 1.69. The van der Waals surface area contributed by atoms with Gasteiger partial charge in [-0.3, -0.25) is 4.79 Å². The maximum absolute atomic E-state index is 12.5. The maximum Gasteiger partial charge on any atom is 0.351 e. The smallest absolute Gasteiger partial charge is 0.351 e. The maximum atomic E-state index is 12.5. The fraction of sp³-hybridized carbons (Fsp3) is 0.158. The fourth-order valence-electron chi connectivity index (χ4n) is 2.28. The number of nitriles is 1. The largest absolute Gasteiger partial charge is 0.448 e.